The van der Waals surface area contributed by atoms with Crippen LogP contribution in [0, 0.1) is 0 Å². The van der Waals surface area contributed by atoms with Gasteiger partial charge in [0.05, 0.1) is 19.1 Å². The summed E-state index contributed by atoms with van der Waals surface area (Å²) in [4.78, 5) is 8.27. The smallest absolute Gasteiger partial charge is 0.127 e. The Morgan fingerprint density at radius 2 is 1.87 bits per heavy atom. The van der Waals surface area contributed by atoms with Gasteiger partial charge in [-0.3, -0.25) is 4.90 Å². The number of likely N-dealkylation sites (tertiary alicyclic amines) is 1. The van der Waals surface area contributed by atoms with Gasteiger partial charge in [-0.25, -0.2) is 4.98 Å². The van der Waals surface area contributed by atoms with Crippen molar-refractivity contribution in [1.29, 1.82) is 0 Å². The van der Waals surface area contributed by atoms with Crippen LogP contribution in [0.5, 0.6) is 11.5 Å². The van der Waals surface area contributed by atoms with E-state index in [4.69, 9.17) is 9.47 Å². The quantitative estimate of drug-likeness (QED) is 0.575. The summed E-state index contributed by atoms with van der Waals surface area (Å²) < 4.78 is 10.9. The molecule has 0 atom stereocenters. The summed E-state index contributed by atoms with van der Waals surface area (Å²) in [5.74, 6) is 1.66. The van der Waals surface area contributed by atoms with E-state index in [1.807, 2.05) is 24.4 Å². The van der Waals surface area contributed by atoms with Gasteiger partial charge in [0.25, 0.3) is 0 Å². The number of aromatic nitrogens is 1. The number of piperidine rings is 1. The van der Waals surface area contributed by atoms with Gasteiger partial charge in [-0.1, -0.05) is 30.3 Å². The van der Waals surface area contributed by atoms with E-state index < -0.39 is 0 Å². The van der Waals surface area contributed by atoms with E-state index in [2.05, 4.69) is 45.5 Å². The Labute approximate surface area is 182 Å². The van der Waals surface area contributed by atoms with E-state index in [0.717, 1.165) is 53.1 Å². The zero-order valence-electron chi connectivity index (χ0n) is 17.6. The maximum atomic E-state index is 5.52. The number of rotatable bonds is 8. The summed E-state index contributed by atoms with van der Waals surface area (Å²) in [5, 5.41) is 4.80. The molecule has 2 heterocycles. The summed E-state index contributed by atoms with van der Waals surface area (Å²) in [7, 11) is 3.37. The zero-order valence-corrected chi connectivity index (χ0v) is 18.5. The van der Waals surface area contributed by atoms with Crippen LogP contribution in [0.15, 0.2) is 54.7 Å². The molecule has 0 radical (unpaired) electrons. The van der Waals surface area contributed by atoms with Crippen molar-refractivity contribution in [2.45, 2.75) is 32.0 Å². The first-order valence-corrected chi connectivity index (χ1v) is 11.2. The Morgan fingerprint density at radius 3 is 2.60 bits per heavy atom. The molecule has 3 aromatic rings. The topological polar surface area (TPSA) is 46.6 Å². The first kappa shape index (κ1) is 20.8. The molecule has 1 fully saturated rings. The molecular weight excluding hydrogens is 394 g/mol. The SMILES string of the molecule is COc1ccc(OC)c(-c2cnc(CNC3CCN(Cc4ccccc4)CC3)s2)c1. The fraction of sp³-hybridized carbons (Fsp3) is 0.375. The minimum absolute atomic E-state index is 0.552. The highest BCUT2D eigenvalue weighted by Crippen LogP contribution is 2.36. The lowest BCUT2D eigenvalue weighted by atomic mass is 10.0. The number of ether oxygens (including phenoxy) is 2. The number of benzene rings is 2. The van der Waals surface area contributed by atoms with Crippen molar-refractivity contribution in [3.8, 4) is 21.9 Å². The molecule has 1 saturated heterocycles. The summed E-state index contributed by atoms with van der Waals surface area (Å²) in [6.07, 6.45) is 4.28. The fourth-order valence-electron chi connectivity index (χ4n) is 3.89. The third kappa shape index (κ3) is 5.19. The van der Waals surface area contributed by atoms with Crippen molar-refractivity contribution in [2.24, 2.45) is 0 Å². The Kier molecular flexibility index (Phi) is 7.00. The van der Waals surface area contributed by atoms with Crippen LogP contribution in [0.3, 0.4) is 0 Å². The molecule has 2 aromatic carbocycles. The predicted octanol–water partition coefficient (Wildman–Crippen LogP) is 4.58. The summed E-state index contributed by atoms with van der Waals surface area (Å²) >= 11 is 1.71. The molecule has 0 aliphatic carbocycles. The molecule has 1 aromatic heterocycles. The Hall–Kier alpha value is -2.41. The van der Waals surface area contributed by atoms with Crippen LogP contribution in [0.25, 0.3) is 10.4 Å². The molecule has 0 amide bonds. The van der Waals surface area contributed by atoms with Crippen molar-refractivity contribution in [3.05, 3.63) is 65.3 Å². The van der Waals surface area contributed by atoms with Gasteiger partial charge in [-0.15, -0.1) is 11.3 Å². The Morgan fingerprint density at radius 1 is 1.07 bits per heavy atom. The van der Waals surface area contributed by atoms with E-state index in [-0.39, 0.29) is 0 Å². The lowest BCUT2D eigenvalue weighted by Gasteiger charge is -2.32. The molecule has 5 nitrogen and oxygen atoms in total. The second kappa shape index (κ2) is 10.1. The fourth-order valence-corrected chi connectivity index (χ4v) is 4.78. The minimum atomic E-state index is 0.552. The lowest BCUT2D eigenvalue weighted by Crippen LogP contribution is -2.41. The predicted molar refractivity (Wildman–Crippen MR) is 122 cm³/mol. The highest BCUT2D eigenvalue weighted by Gasteiger charge is 2.19. The van der Waals surface area contributed by atoms with Gasteiger partial charge in [0.2, 0.25) is 0 Å². The number of hydrogen-bond donors (Lipinski definition) is 1. The maximum Gasteiger partial charge on any atom is 0.127 e. The number of thiazole rings is 1. The highest BCUT2D eigenvalue weighted by molar-refractivity contribution is 7.15. The second-order valence-electron chi connectivity index (χ2n) is 7.60. The van der Waals surface area contributed by atoms with Crippen molar-refractivity contribution in [1.82, 2.24) is 15.2 Å². The Bertz CT molecular complexity index is 937. The Balaban J connectivity index is 1.29. The molecular formula is C24H29N3O2S. The van der Waals surface area contributed by atoms with E-state index in [0.29, 0.717) is 6.04 Å². The number of methoxy groups -OCH3 is 2. The first-order valence-electron chi connectivity index (χ1n) is 10.4. The molecule has 0 spiro atoms. The van der Waals surface area contributed by atoms with E-state index in [9.17, 15) is 0 Å². The van der Waals surface area contributed by atoms with Crippen LogP contribution in [0.4, 0.5) is 0 Å². The molecule has 0 unspecified atom stereocenters. The van der Waals surface area contributed by atoms with Crippen LogP contribution in [-0.2, 0) is 13.1 Å². The van der Waals surface area contributed by atoms with Crippen molar-refractivity contribution >= 4 is 11.3 Å². The van der Waals surface area contributed by atoms with Crippen molar-refractivity contribution < 1.29 is 9.47 Å². The standard InChI is InChI=1S/C24H29N3O2S/c1-28-20-8-9-22(29-2)21(14-20)23-15-26-24(30-23)16-25-19-10-12-27(13-11-19)17-18-6-4-3-5-7-18/h3-9,14-15,19,25H,10-13,16-17H2,1-2H3. The van der Waals surface area contributed by atoms with Gasteiger partial charge in [0.1, 0.15) is 16.5 Å². The lowest BCUT2D eigenvalue weighted by molar-refractivity contribution is 0.190. The molecule has 30 heavy (non-hydrogen) atoms. The number of nitrogens with zero attached hydrogens (tertiary/aromatic N) is 2. The third-order valence-corrected chi connectivity index (χ3v) is 6.63. The van der Waals surface area contributed by atoms with Gasteiger partial charge in [0.15, 0.2) is 0 Å². The molecule has 1 aliphatic heterocycles. The van der Waals surface area contributed by atoms with E-state index in [1.54, 1.807) is 25.6 Å². The molecule has 6 heteroatoms. The average Bonchev–Trinajstić information content (AvgIpc) is 3.28. The minimum Gasteiger partial charge on any atom is -0.497 e. The molecule has 1 N–H and O–H groups in total. The van der Waals surface area contributed by atoms with Gasteiger partial charge in [-0.2, -0.15) is 0 Å². The summed E-state index contributed by atoms with van der Waals surface area (Å²) in [6.45, 7) is 4.12. The van der Waals surface area contributed by atoms with E-state index in [1.165, 1.54) is 18.4 Å². The van der Waals surface area contributed by atoms with Crippen LogP contribution in [0.2, 0.25) is 0 Å². The third-order valence-electron chi connectivity index (χ3n) is 5.60. The van der Waals surface area contributed by atoms with Crippen LogP contribution in [-0.4, -0.2) is 43.2 Å². The van der Waals surface area contributed by atoms with Crippen LogP contribution in [0.1, 0.15) is 23.4 Å². The zero-order chi connectivity index (χ0) is 20.8. The molecule has 0 bridgehead atoms. The maximum absolute atomic E-state index is 5.52. The van der Waals surface area contributed by atoms with E-state index >= 15 is 0 Å². The number of hydrogen-bond acceptors (Lipinski definition) is 6. The average molecular weight is 424 g/mol. The molecule has 0 saturated carbocycles. The first-order chi connectivity index (χ1) is 14.7. The van der Waals surface area contributed by atoms with Gasteiger partial charge in [0, 0.05) is 30.9 Å². The van der Waals surface area contributed by atoms with Gasteiger partial charge < -0.3 is 14.8 Å². The molecule has 4 rings (SSSR count). The molecule has 1 aliphatic rings. The summed E-state index contributed by atoms with van der Waals surface area (Å²) in [5.41, 5.74) is 2.42. The van der Waals surface area contributed by atoms with Crippen LogP contribution < -0.4 is 14.8 Å². The van der Waals surface area contributed by atoms with Gasteiger partial charge >= 0.3 is 0 Å². The second-order valence-corrected chi connectivity index (χ2v) is 8.72. The monoisotopic (exact) mass is 423 g/mol. The van der Waals surface area contributed by atoms with Crippen LogP contribution >= 0.6 is 11.3 Å². The highest BCUT2D eigenvalue weighted by atomic mass is 32.1. The summed E-state index contributed by atoms with van der Waals surface area (Å²) in [6, 6.07) is 17.1. The normalized spacial score (nSPS) is 15.3. The van der Waals surface area contributed by atoms with Crippen molar-refractivity contribution in [3.63, 3.8) is 0 Å². The molecule has 158 valence electrons. The number of nitrogens with one attached hydrogen (secondary N) is 1. The van der Waals surface area contributed by atoms with Crippen molar-refractivity contribution in [2.75, 3.05) is 27.3 Å². The van der Waals surface area contributed by atoms with Gasteiger partial charge in [-0.05, 0) is 49.7 Å². The largest absolute Gasteiger partial charge is 0.497 e.